The van der Waals surface area contributed by atoms with Crippen molar-refractivity contribution >= 4 is 51.1 Å². The van der Waals surface area contributed by atoms with E-state index in [-0.39, 0.29) is 11.7 Å². The first-order chi connectivity index (χ1) is 12.1. The first-order valence-corrected chi connectivity index (χ1v) is 8.76. The van der Waals surface area contributed by atoms with Crippen molar-refractivity contribution in [2.45, 2.75) is 0 Å². The van der Waals surface area contributed by atoms with Gasteiger partial charge in [-0.3, -0.25) is 4.79 Å². The van der Waals surface area contributed by atoms with Gasteiger partial charge in [-0.05, 0) is 47.2 Å². The first-order valence-electron chi connectivity index (χ1n) is 7.53. The molecule has 2 heterocycles. The SMILES string of the molecule is O=C1NC(=S)S/C1=C\c1cccc(-c2ccc3cc(O)ccc3c2)n1. The molecule has 6 heteroatoms. The molecule has 0 saturated carbocycles. The molecule has 1 amide bonds. The minimum atomic E-state index is -0.187. The number of thioether (sulfide) groups is 1. The van der Waals surface area contributed by atoms with Crippen LogP contribution in [0.5, 0.6) is 5.75 Å². The molecule has 4 rings (SSSR count). The zero-order valence-electron chi connectivity index (χ0n) is 12.9. The summed E-state index contributed by atoms with van der Waals surface area (Å²) in [6.45, 7) is 0. The number of fused-ring (bicyclic) bond motifs is 1. The summed E-state index contributed by atoms with van der Waals surface area (Å²) in [4.78, 5) is 17.0. The lowest BCUT2D eigenvalue weighted by atomic mass is 10.0. The van der Waals surface area contributed by atoms with Crippen LogP contribution >= 0.6 is 24.0 Å². The molecule has 1 saturated heterocycles. The molecule has 0 aliphatic carbocycles. The number of hydrogen-bond acceptors (Lipinski definition) is 5. The fraction of sp³-hybridized carbons (Fsp3) is 0. The van der Waals surface area contributed by atoms with Crippen LogP contribution in [0.4, 0.5) is 0 Å². The van der Waals surface area contributed by atoms with Crippen LogP contribution in [0.1, 0.15) is 5.69 Å². The molecule has 0 spiro atoms. The third-order valence-electron chi connectivity index (χ3n) is 3.81. The molecule has 0 radical (unpaired) electrons. The van der Waals surface area contributed by atoms with E-state index in [0.29, 0.717) is 14.9 Å². The summed E-state index contributed by atoms with van der Waals surface area (Å²) in [7, 11) is 0. The summed E-state index contributed by atoms with van der Waals surface area (Å²) in [6.07, 6.45) is 1.74. The lowest BCUT2D eigenvalue weighted by molar-refractivity contribution is -0.115. The van der Waals surface area contributed by atoms with Crippen LogP contribution in [0.25, 0.3) is 28.1 Å². The Morgan fingerprint density at radius 1 is 1.08 bits per heavy atom. The Kier molecular flexibility index (Phi) is 3.99. The fourth-order valence-electron chi connectivity index (χ4n) is 2.64. The molecule has 1 aliphatic heterocycles. The Morgan fingerprint density at radius 3 is 2.68 bits per heavy atom. The number of aromatic hydroxyl groups is 1. The van der Waals surface area contributed by atoms with Crippen LogP contribution in [-0.2, 0) is 4.79 Å². The van der Waals surface area contributed by atoms with Gasteiger partial charge in [-0.2, -0.15) is 0 Å². The van der Waals surface area contributed by atoms with E-state index in [4.69, 9.17) is 12.2 Å². The zero-order valence-corrected chi connectivity index (χ0v) is 14.5. The summed E-state index contributed by atoms with van der Waals surface area (Å²) < 4.78 is 0.463. The van der Waals surface area contributed by atoms with Gasteiger partial charge in [-0.25, -0.2) is 4.98 Å². The largest absolute Gasteiger partial charge is 0.508 e. The van der Waals surface area contributed by atoms with Crippen molar-refractivity contribution < 1.29 is 9.90 Å². The number of amides is 1. The number of nitrogens with one attached hydrogen (secondary N) is 1. The number of rotatable bonds is 2. The van der Waals surface area contributed by atoms with Gasteiger partial charge < -0.3 is 10.4 Å². The second-order valence-electron chi connectivity index (χ2n) is 5.55. The molecule has 2 aromatic carbocycles. The topological polar surface area (TPSA) is 62.2 Å². The highest BCUT2D eigenvalue weighted by atomic mass is 32.2. The third kappa shape index (κ3) is 3.26. The minimum absolute atomic E-state index is 0.187. The Morgan fingerprint density at radius 2 is 1.88 bits per heavy atom. The molecule has 25 heavy (non-hydrogen) atoms. The van der Waals surface area contributed by atoms with Gasteiger partial charge in [-0.15, -0.1) is 0 Å². The fourth-order valence-corrected chi connectivity index (χ4v) is 3.67. The van der Waals surface area contributed by atoms with Gasteiger partial charge >= 0.3 is 0 Å². The Labute approximate surface area is 153 Å². The van der Waals surface area contributed by atoms with Crippen molar-refractivity contribution in [2.75, 3.05) is 0 Å². The summed E-state index contributed by atoms with van der Waals surface area (Å²) in [6, 6.07) is 16.9. The maximum Gasteiger partial charge on any atom is 0.263 e. The molecule has 3 aromatic rings. The Bertz CT molecular complexity index is 1060. The predicted octanol–water partition coefficient (Wildman–Crippen LogP) is 4.10. The number of hydrogen-bond donors (Lipinski definition) is 2. The highest BCUT2D eigenvalue weighted by Crippen LogP contribution is 2.28. The molecule has 2 N–H and O–H groups in total. The normalized spacial score (nSPS) is 15.8. The molecule has 0 bridgehead atoms. The van der Waals surface area contributed by atoms with Crippen molar-refractivity contribution in [1.29, 1.82) is 0 Å². The molecular formula is C19H12N2O2S2. The van der Waals surface area contributed by atoms with Crippen molar-refractivity contribution in [1.82, 2.24) is 10.3 Å². The number of nitrogens with zero attached hydrogens (tertiary/aromatic N) is 1. The van der Waals surface area contributed by atoms with Gasteiger partial charge in [0.2, 0.25) is 0 Å². The molecule has 122 valence electrons. The Balaban J connectivity index is 1.72. The van der Waals surface area contributed by atoms with Crippen molar-refractivity contribution in [3.05, 3.63) is 65.2 Å². The molecule has 1 aliphatic rings. The van der Waals surface area contributed by atoms with E-state index in [2.05, 4.69) is 10.3 Å². The van der Waals surface area contributed by atoms with Gasteiger partial charge in [0.15, 0.2) is 0 Å². The van der Waals surface area contributed by atoms with E-state index < -0.39 is 0 Å². The number of thiocarbonyl (C=S) groups is 1. The van der Waals surface area contributed by atoms with Crippen molar-refractivity contribution in [2.24, 2.45) is 0 Å². The van der Waals surface area contributed by atoms with Gasteiger partial charge in [0.1, 0.15) is 10.1 Å². The zero-order chi connectivity index (χ0) is 17.4. The second kappa shape index (κ2) is 6.31. The van der Waals surface area contributed by atoms with E-state index in [1.54, 1.807) is 18.2 Å². The van der Waals surface area contributed by atoms with Crippen LogP contribution in [-0.4, -0.2) is 20.3 Å². The molecule has 1 fully saturated rings. The predicted molar refractivity (Wildman–Crippen MR) is 105 cm³/mol. The third-order valence-corrected chi connectivity index (χ3v) is 4.97. The Hall–Kier alpha value is -2.70. The van der Waals surface area contributed by atoms with Crippen LogP contribution in [0.2, 0.25) is 0 Å². The van der Waals surface area contributed by atoms with Crippen LogP contribution < -0.4 is 5.32 Å². The lowest BCUT2D eigenvalue weighted by Gasteiger charge is -2.05. The number of benzene rings is 2. The molecule has 0 atom stereocenters. The number of carbonyl (C=O) groups excluding carboxylic acids is 1. The highest BCUT2D eigenvalue weighted by molar-refractivity contribution is 8.26. The maximum atomic E-state index is 11.8. The van der Waals surface area contributed by atoms with E-state index in [1.165, 1.54) is 11.8 Å². The number of carbonyl (C=O) groups is 1. The lowest BCUT2D eigenvalue weighted by Crippen LogP contribution is -2.17. The van der Waals surface area contributed by atoms with Crippen molar-refractivity contribution in [3.63, 3.8) is 0 Å². The quantitative estimate of drug-likeness (QED) is 0.530. The number of aromatic nitrogens is 1. The van der Waals surface area contributed by atoms with Crippen LogP contribution in [0, 0.1) is 0 Å². The van der Waals surface area contributed by atoms with Gasteiger partial charge in [0, 0.05) is 5.56 Å². The number of phenolic OH excluding ortho intramolecular Hbond substituents is 1. The average molecular weight is 364 g/mol. The van der Waals surface area contributed by atoms with Crippen LogP contribution in [0.15, 0.2) is 59.5 Å². The summed E-state index contributed by atoms with van der Waals surface area (Å²) in [5, 5.41) is 14.2. The minimum Gasteiger partial charge on any atom is -0.508 e. The van der Waals surface area contributed by atoms with E-state index in [9.17, 15) is 9.90 Å². The summed E-state index contributed by atoms with van der Waals surface area (Å²) in [5.41, 5.74) is 2.48. The van der Waals surface area contributed by atoms with Crippen molar-refractivity contribution in [3.8, 4) is 17.0 Å². The molecule has 1 aromatic heterocycles. The van der Waals surface area contributed by atoms with Gasteiger partial charge in [-0.1, -0.05) is 48.2 Å². The standard InChI is InChI=1S/C19H12N2O2S2/c22-15-7-6-11-8-13(5-4-12(11)9-15)16-3-1-2-14(20-16)10-17-18(23)21-19(24)25-17/h1-10,22H,(H,21,23,24)/b17-10-. The number of phenols is 1. The second-order valence-corrected chi connectivity index (χ2v) is 7.27. The monoisotopic (exact) mass is 364 g/mol. The maximum absolute atomic E-state index is 11.8. The first kappa shape index (κ1) is 15.8. The van der Waals surface area contributed by atoms with Gasteiger partial charge in [0.05, 0.1) is 16.3 Å². The smallest absolute Gasteiger partial charge is 0.263 e. The van der Waals surface area contributed by atoms with Crippen LogP contribution in [0.3, 0.4) is 0 Å². The number of pyridine rings is 1. The van der Waals surface area contributed by atoms with E-state index >= 15 is 0 Å². The average Bonchev–Trinajstić information content (AvgIpc) is 2.92. The molecule has 4 nitrogen and oxygen atoms in total. The van der Waals surface area contributed by atoms with E-state index in [1.807, 2.05) is 42.5 Å². The van der Waals surface area contributed by atoms with E-state index in [0.717, 1.165) is 22.0 Å². The molecular weight excluding hydrogens is 352 g/mol. The molecule has 0 unspecified atom stereocenters. The highest BCUT2D eigenvalue weighted by Gasteiger charge is 2.22. The summed E-state index contributed by atoms with van der Waals surface area (Å²) >= 11 is 6.24. The van der Waals surface area contributed by atoms with Gasteiger partial charge in [0.25, 0.3) is 5.91 Å². The summed E-state index contributed by atoms with van der Waals surface area (Å²) in [5.74, 6) is 0.0602.